The van der Waals surface area contributed by atoms with Crippen molar-refractivity contribution < 1.29 is 9.53 Å². The number of halogens is 1. The van der Waals surface area contributed by atoms with Crippen molar-refractivity contribution in [1.29, 1.82) is 0 Å². The maximum atomic E-state index is 12.5. The van der Waals surface area contributed by atoms with E-state index in [9.17, 15) is 4.79 Å². The van der Waals surface area contributed by atoms with Crippen LogP contribution in [0, 0.1) is 0 Å². The quantitative estimate of drug-likeness (QED) is 0.650. The molecule has 2 aromatic carbocycles. The Morgan fingerprint density at radius 2 is 1.86 bits per heavy atom. The molecule has 0 unspecified atom stereocenters. The first kappa shape index (κ1) is 18.7. The number of fused-ring (bicyclic) bond motifs is 1. The summed E-state index contributed by atoms with van der Waals surface area (Å²) in [5, 5.41) is 1.70. The summed E-state index contributed by atoms with van der Waals surface area (Å²) in [6.07, 6.45) is 2.42. The fourth-order valence-corrected chi connectivity index (χ4v) is 3.75. The van der Waals surface area contributed by atoms with Gasteiger partial charge in [-0.3, -0.25) is 9.88 Å². The molecule has 1 aliphatic heterocycles. The zero-order valence-corrected chi connectivity index (χ0v) is 16.3. The summed E-state index contributed by atoms with van der Waals surface area (Å²) in [7, 11) is 0. The zero-order valence-electron chi connectivity index (χ0n) is 15.6. The van der Waals surface area contributed by atoms with Crippen LogP contribution < -0.4 is 4.74 Å². The van der Waals surface area contributed by atoms with Gasteiger partial charge >= 0.3 is 6.09 Å². The molecule has 0 spiro atoms. The van der Waals surface area contributed by atoms with E-state index in [1.165, 1.54) is 0 Å². The van der Waals surface area contributed by atoms with Gasteiger partial charge in [-0.15, -0.1) is 0 Å². The fraction of sp³-hybridized carbons (Fsp3) is 0.273. The zero-order chi connectivity index (χ0) is 19.3. The number of nitrogens with zero attached hydrogens (tertiary/aromatic N) is 3. The molecule has 4 rings (SSSR count). The summed E-state index contributed by atoms with van der Waals surface area (Å²) in [6, 6.07) is 17.1. The number of para-hydroxylation sites is 1. The largest absolute Gasteiger partial charge is 0.415 e. The number of hydrogen-bond acceptors (Lipinski definition) is 4. The molecule has 0 aliphatic carbocycles. The number of aromatic nitrogens is 1. The van der Waals surface area contributed by atoms with Gasteiger partial charge in [-0.25, -0.2) is 4.79 Å². The summed E-state index contributed by atoms with van der Waals surface area (Å²) in [4.78, 5) is 21.1. The first-order chi connectivity index (χ1) is 13.7. The van der Waals surface area contributed by atoms with E-state index in [-0.39, 0.29) is 6.09 Å². The van der Waals surface area contributed by atoms with Gasteiger partial charge in [0.05, 0.1) is 5.52 Å². The lowest BCUT2D eigenvalue weighted by atomic mass is 10.1. The van der Waals surface area contributed by atoms with Crippen LogP contribution in [0.15, 0.2) is 60.8 Å². The Morgan fingerprint density at radius 3 is 2.71 bits per heavy atom. The molecule has 1 fully saturated rings. The van der Waals surface area contributed by atoms with Crippen LogP contribution in [0.2, 0.25) is 5.02 Å². The van der Waals surface area contributed by atoms with E-state index in [2.05, 4.69) is 9.88 Å². The summed E-state index contributed by atoms with van der Waals surface area (Å²) in [5.74, 6) is 0.576. The summed E-state index contributed by atoms with van der Waals surface area (Å²) in [5.41, 5.74) is 2.10. The minimum Gasteiger partial charge on any atom is -0.410 e. The Hall–Kier alpha value is -2.63. The molecular weight excluding hydrogens is 374 g/mol. The lowest BCUT2D eigenvalue weighted by Gasteiger charge is -2.22. The third-order valence-corrected chi connectivity index (χ3v) is 5.32. The number of rotatable bonds is 3. The van der Waals surface area contributed by atoms with Gasteiger partial charge in [0.15, 0.2) is 0 Å². The molecule has 28 heavy (non-hydrogen) atoms. The van der Waals surface area contributed by atoms with Crippen molar-refractivity contribution in [1.82, 2.24) is 14.8 Å². The molecule has 0 N–H and O–H groups in total. The normalized spacial score (nSPS) is 15.4. The average Bonchev–Trinajstić information content (AvgIpc) is 2.97. The number of ether oxygens (including phenoxy) is 1. The molecule has 0 atom stereocenters. The van der Waals surface area contributed by atoms with Gasteiger partial charge in [0, 0.05) is 49.3 Å². The molecule has 3 aromatic rings. The Labute approximate surface area is 169 Å². The van der Waals surface area contributed by atoms with Crippen LogP contribution in [0.25, 0.3) is 10.9 Å². The highest BCUT2D eigenvalue weighted by Crippen LogP contribution is 2.26. The number of pyridine rings is 1. The van der Waals surface area contributed by atoms with Crippen molar-refractivity contribution in [3.63, 3.8) is 0 Å². The minimum atomic E-state index is -0.286. The molecule has 0 bridgehead atoms. The summed E-state index contributed by atoms with van der Waals surface area (Å²) < 4.78 is 5.48. The standard InChI is InChI=1S/C22H22ClN3O2/c23-20-10-9-17(21-19(20)8-4-11-24-21)16-25-12-5-13-26(15-14-25)22(27)28-18-6-2-1-3-7-18/h1-4,6-11H,5,12-16H2. The number of amides is 1. The third kappa shape index (κ3) is 4.26. The Bertz CT molecular complexity index is 964. The summed E-state index contributed by atoms with van der Waals surface area (Å²) >= 11 is 6.31. The molecule has 6 heteroatoms. The number of benzene rings is 2. The van der Waals surface area contributed by atoms with Crippen molar-refractivity contribution >= 4 is 28.6 Å². The molecular formula is C22H22ClN3O2. The van der Waals surface area contributed by atoms with E-state index in [1.807, 2.05) is 42.5 Å². The van der Waals surface area contributed by atoms with Crippen LogP contribution in [-0.2, 0) is 6.54 Å². The van der Waals surface area contributed by atoms with Crippen LogP contribution in [0.4, 0.5) is 4.79 Å². The molecule has 1 aliphatic rings. The monoisotopic (exact) mass is 395 g/mol. The average molecular weight is 396 g/mol. The molecule has 1 amide bonds. The molecule has 0 saturated carbocycles. The third-order valence-electron chi connectivity index (χ3n) is 4.99. The van der Waals surface area contributed by atoms with E-state index in [0.29, 0.717) is 18.8 Å². The summed E-state index contributed by atoms with van der Waals surface area (Å²) in [6.45, 7) is 3.84. The van der Waals surface area contributed by atoms with E-state index in [0.717, 1.165) is 47.5 Å². The molecule has 2 heterocycles. The maximum Gasteiger partial charge on any atom is 0.415 e. The second kappa shape index (κ2) is 8.59. The number of carbonyl (C=O) groups excluding carboxylic acids is 1. The second-order valence-corrected chi connectivity index (χ2v) is 7.31. The SMILES string of the molecule is O=C(Oc1ccccc1)N1CCCN(Cc2ccc(Cl)c3cccnc23)CC1. The highest BCUT2D eigenvalue weighted by atomic mass is 35.5. The second-order valence-electron chi connectivity index (χ2n) is 6.90. The van der Waals surface area contributed by atoms with Crippen molar-refractivity contribution in [2.45, 2.75) is 13.0 Å². The predicted molar refractivity (Wildman–Crippen MR) is 111 cm³/mol. The molecule has 0 radical (unpaired) electrons. The Morgan fingerprint density at radius 1 is 1.00 bits per heavy atom. The van der Waals surface area contributed by atoms with Gasteiger partial charge in [-0.1, -0.05) is 35.9 Å². The van der Waals surface area contributed by atoms with E-state index < -0.39 is 0 Å². The van der Waals surface area contributed by atoms with Gasteiger partial charge in [-0.05, 0) is 42.3 Å². The Balaban J connectivity index is 1.41. The van der Waals surface area contributed by atoms with E-state index in [4.69, 9.17) is 16.3 Å². The van der Waals surface area contributed by atoms with Crippen LogP contribution >= 0.6 is 11.6 Å². The van der Waals surface area contributed by atoms with Gasteiger partial charge < -0.3 is 9.64 Å². The van der Waals surface area contributed by atoms with Crippen molar-refractivity contribution in [3.05, 3.63) is 71.4 Å². The van der Waals surface area contributed by atoms with Crippen molar-refractivity contribution in [2.24, 2.45) is 0 Å². The lowest BCUT2D eigenvalue weighted by Crippen LogP contribution is -2.37. The van der Waals surface area contributed by atoms with Gasteiger partial charge in [0.25, 0.3) is 0 Å². The molecule has 1 saturated heterocycles. The van der Waals surface area contributed by atoms with Crippen LogP contribution in [0.1, 0.15) is 12.0 Å². The highest BCUT2D eigenvalue weighted by Gasteiger charge is 2.21. The minimum absolute atomic E-state index is 0.286. The van der Waals surface area contributed by atoms with Gasteiger partial charge in [0.2, 0.25) is 0 Å². The molecule has 144 valence electrons. The van der Waals surface area contributed by atoms with Crippen LogP contribution in [0.5, 0.6) is 5.75 Å². The van der Waals surface area contributed by atoms with E-state index in [1.54, 1.807) is 23.2 Å². The topological polar surface area (TPSA) is 45.7 Å². The first-order valence-electron chi connectivity index (χ1n) is 9.47. The highest BCUT2D eigenvalue weighted by molar-refractivity contribution is 6.35. The van der Waals surface area contributed by atoms with Crippen molar-refractivity contribution in [3.8, 4) is 5.75 Å². The van der Waals surface area contributed by atoms with Gasteiger partial charge in [-0.2, -0.15) is 0 Å². The number of carbonyl (C=O) groups is 1. The van der Waals surface area contributed by atoms with Crippen molar-refractivity contribution in [2.75, 3.05) is 26.2 Å². The lowest BCUT2D eigenvalue weighted by molar-refractivity contribution is 0.153. The fourth-order valence-electron chi connectivity index (χ4n) is 3.53. The molecule has 5 nitrogen and oxygen atoms in total. The predicted octanol–water partition coefficient (Wildman–Crippen LogP) is 4.59. The Kier molecular flexibility index (Phi) is 5.74. The number of hydrogen-bond donors (Lipinski definition) is 0. The maximum absolute atomic E-state index is 12.5. The van der Waals surface area contributed by atoms with Gasteiger partial charge in [0.1, 0.15) is 5.75 Å². The first-order valence-corrected chi connectivity index (χ1v) is 9.85. The molecule has 1 aromatic heterocycles. The van der Waals surface area contributed by atoms with Crippen LogP contribution in [-0.4, -0.2) is 47.1 Å². The van der Waals surface area contributed by atoms with E-state index >= 15 is 0 Å². The van der Waals surface area contributed by atoms with Crippen LogP contribution in [0.3, 0.4) is 0 Å². The smallest absolute Gasteiger partial charge is 0.410 e.